The van der Waals surface area contributed by atoms with Crippen molar-refractivity contribution < 1.29 is 14.6 Å². The number of rotatable bonds is 6. The first-order chi connectivity index (χ1) is 7.26. The van der Waals surface area contributed by atoms with Gasteiger partial charge in [0, 0.05) is 19.6 Å². The number of ether oxygens (including phenoxy) is 2. The molecule has 0 fully saturated rings. The number of aliphatic hydroxyl groups is 1. The largest absolute Gasteiger partial charge is 0.493 e. The van der Waals surface area contributed by atoms with E-state index in [0.717, 1.165) is 11.3 Å². The van der Waals surface area contributed by atoms with Crippen molar-refractivity contribution in [3.8, 4) is 5.75 Å². The maximum atomic E-state index is 8.85. The van der Waals surface area contributed by atoms with Gasteiger partial charge in [-0.05, 0) is 17.7 Å². The summed E-state index contributed by atoms with van der Waals surface area (Å²) in [6.45, 7) is 3.22. The molecular weight excluding hydrogens is 192 g/mol. The lowest BCUT2D eigenvalue weighted by Crippen LogP contribution is -2.12. The van der Waals surface area contributed by atoms with E-state index < -0.39 is 0 Å². The van der Waals surface area contributed by atoms with Crippen LogP contribution in [0.1, 0.15) is 12.5 Å². The van der Waals surface area contributed by atoms with Gasteiger partial charge in [0.25, 0.3) is 0 Å². The van der Waals surface area contributed by atoms with Gasteiger partial charge in [-0.1, -0.05) is 19.1 Å². The first-order valence-electron chi connectivity index (χ1n) is 5.07. The summed E-state index contributed by atoms with van der Waals surface area (Å²) in [6.07, 6.45) is 0. The van der Waals surface area contributed by atoms with Crippen LogP contribution in [0, 0.1) is 5.92 Å². The molecule has 0 aliphatic heterocycles. The third-order valence-electron chi connectivity index (χ3n) is 2.06. The van der Waals surface area contributed by atoms with Crippen molar-refractivity contribution in [3.05, 3.63) is 29.8 Å². The average molecular weight is 210 g/mol. The molecule has 1 rings (SSSR count). The van der Waals surface area contributed by atoms with Gasteiger partial charge >= 0.3 is 0 Å². The Balaban J connectivity index is 2.50. The second-order valence-corrected chi connectivity index (χ2v) is 3.68. The number of hydrogen-bond acceptors (Lipinski definition) is 3. The molecule has 15 heavy (non-hydrogen) atoms. The van der Waals surface area contributed by atoms with Crippen LogP contribution in [-0.4, -0.2) is 25.4 Å². The molecule has 3 nitrogen and oxygen atoms in total. The number of methoxy groups -OCH3 is 1. The van der Waals surface area contributed by atoms with Crippen LogP contribution >= 0.6 is 0 Å². The summed E-state index contributed by atoms with van der Waals surface area (Å²) in [5.74, 6) is 0.987. The maximum Gasteiger partial charge on any atom is 0.119 e. The second-order valence-electron chi connectivity index (χ2n) is 3.68. The zero-order valence-corrected chi connectivity index (χ0v) is 9.27. The molecule has 0 saturated heterocycles. The highest BCUT2D eigenvalue weighted by molar-refractivity contribution is 5.28. The van der Waals surface area contributed by atoms with Gasteiger partial charge in [-0.15, -0.1) is 0 Å². The minimum Gasteiger partial charge on any atom is -0.493 e. The maximum absolute atomic E-state index is 8.85. The van der Waals surface area contributed by atoms with E-state index in [1.54, 1.807) is 7.11 Å². The van der Waals surface area contributed by atoms with Gasteiger partial charge in [0.2, 0.25) is 0 Å². The first-order valence-corrected chi connectivity index (χ1v) is 5.07. The fourth-order valence-corrected chi connectivity index (χ4v) is 1.18. The highest BCUT2D eigenvalue weighted by atomic mass is 16.5. The van der Waals surface area contributed by atoms with Gasteiger partial charge in [-0.2, -0.15) is 0 Å². The van der Waals surface area contributed by atoms with E-state index in [9.17, 15) is 0 Å². The molecule has 0 aromatic heterocycles. The molecule has 3 heteroatoms. The summed E-state index contributed by atoms with van der Waals surface area (Å²) in [6, 6.07) is 7.79. The Bertz CT molecular complexity index is 286. The van der Waals surface area contributed by atoms with Gasteiger partial charge in [0.1, 0.15) is 5.75 Å². The summed E-state index contributed by atoms with van der Waals surface area (Å²) >= 11 is 0. The zero-order chi connectivity index (χ0) is 11.1. The Morgan fingerprint density at radius 1 is 1.40 bits per heavy atom. The van der Waals surface area contributed by atoms with Crippen LogP contribution in [0.4, 0.5) is 0 Å². The second kappa shape index (κ2) is 6.43. The molecule has 84 valence electrons. The fourth-order valence-electron chi connectivity index (χ4n) is 1.18. The van der Waals surface area contributed by atoms with Crippen molar-refractivity contribution in [2.45, 2.75) is 13.5 Å². The van der Waals surface area contributed by atoms with Crippen LogP contribution in [-0.2, 0) is 11.3 Å². The van der Waals surface area contributed by atoms with Crippen molar-refractivity contribution in [1.82, 2.24) is 0 Å². The number of hydrogen-bond donors (Lipinski definition) is 1. The van der Waals surface area contributed by atoms with Gasteiger partial charge < -0.3 is 14.6 Å². The van der Waals surface area contributed by atoms with Crippen molar-refractivity contribution in [2.75, 3.05) is 20.3 Å². The van der Waals surface area contributed by atoms with Crippen LogP contribution in [0.15, 0.2) is 24.3 Å². The summed E-state index contributed by atoms with van der Waals surface area (Å²) in [5, 5.41) is 8.85. The predicted molar refractivity (Wildman–Crippen MR) is 58.9 cm³/mol. The molecule has 0 aliphatic carbocycles. The lowest BCUT2D eigenvalue weighted by atomic mass is 10.2. The molecule has 0 aliphatic rings. The highest BCUT2D eigenvalue weighted by Gasteiger charge is 2.01. The van der Waals surface area contributed by atoms with Crippen molar-refractivity contribution in [1.29, 1.82) is 0 Å². The first kappa shape index (κ1) is 12.0. The van der Waals surface area contributed by atoms with Crippen LogP contribution in [0.5, 0.6) is 5.75 Å². The molecule has 1 N–H and O–H groups in total. The molecule has 1 aromatic carbocycles. The fraction of sp³-hybridized carbons (Fsp3) is 0.500. The lowest BCUT2D eigenvalue weighted by Gasteiger charge is -2.11. The minimum atomic E-state index is 0.151. The Kier molecular flexibility index (Phi) is 5.15. The summed E-state index contributed by atoms with van der Waals surface area (Å²) in [5.41, 5.74) is 1.09. The predicted octanol–water partition coefficient (Wildman–Crippen LogP) is 1.84. The molecule has 0 radical (unpaired) electrons. The molecule has 1 unspecified atom stereocenters. The molecule has 1 aromatic rings. The Morgan fingerprint density at radius 2 is 2.20 bits per heavy atom. The number of aliphatic hydroxyl groups excluding tert-OH is 1. The molecular formula is C12H18O3. The van der Waals surface area contributed by atoms with Crippen LogP contribution in [0.3, 0.4) is 0 Å². The van der Waals surface area contributed by atoms with Crippen molar-refractivity contribution in [2.24, 2.45) is 5.92 Å². The molecule has 0 amide bonds. The average Bonchev–Trinajstić information content (AvgIpc) is 2.27. The summed E-state index contributed by atoms with van der Waals surface area (Å²) in [7, 11) is 1.67. The lowest BCUT2D eigenvalue weighted by molar-refractivity contribution is 0.172. The standard InChI is InChI=1S/C12H18O3/c1-10(7-13)8-15-12-5-3-4-11(6-12)9-14-2/h3-6,10,13H,7-9H2,1-2H3. The van der Waals surface area contributed by atoms with Crippen molar-refractivity contribution in [3.63, 3.8) is 0 Å². The van der Waals surface area contributed by atoms with Crippen molar-refractivity contribution >= 4 is 0 Å². The van der Waals surface area contributed by atoms with E-state index in [2.05, 4.69) is 0 Å². The minimum absolute atomic E-state index is 0.151. The zero-order valence-electron chi connectivity index (χ0n) is 9.27. The monoisotopic (exact) mass is 210 g/mol. The van der Waals surface area contributed by atoms with Gasteiger partial charge in [-0.25, -0.2) is 0 Å². The third-order valence-corrected chi connectivity index (χ3v) is 2.06. The van der Waals surface area contributed by atoms with E-state index in [1.807, 2.05) is 31.2 Å². The summed E-state index contributed by atoms with van der Waals surface area (Å²) in [4.78, 5) is 0. The van der Waals surface area contributed by atoms with E-state index >= 15 is 0 Å². The van der Waals surface area contributed by atoms with E-state index in [4.69, 9.17) is 14.6 Å². The molecule has 0 saturated carbocycles. The van der Waals surface area contributed by atoms with Gasteiger partial charge in [-0.3, -0.25) is 0 Å². The summed E-state index contributed by atoms with van der Waals surface area (Å²) < 4.78 is 10.6. The third kappa shape index (κ3) is 4.32. The SMILES string of the molecule is COCc1cccc(OCC(C)CO)c1. The van der Waals surface area contributed by atoms with E-state index in [1.165, 1.54) is 0 Å². The smallest absolute Gasteiger partial charge is 0.119 e. The van der Waals surface area contributed by atoms with E-state index in [-0.39, 0.29) is 12.5 Å². The van der Waals surface area contributed by atoms with E-state index in [0.29, 0.717) is 13.2 Å². The Hall–Kier alpha value is -1.06. The Labute approximate surface area is 90.6 Å². The molecule has 0 bridgehead atoms. The quantitative estimate of drug-likeness (QED) is 0.778. The molecule has 1 atom stereocenters. The van der Waals surface area contributed by atoms with Crippen LogP contribution in [0.2, 0.25) is 0 Å². The number of benzene rings is 1. The van der Waals surface area contributed by atoms with Gasteiger partial charge in [0.05, 0.1) is 13.2 Å². The molecule has 0 heterocycles. The topological polar surface area (TPSA) is 38.7 Å². The van der Waals surface area contributed by atoms with Gasteiger partial charge in [0.15, 0.2) is 0 Å². The molecule has 0 spiro atoms. The highest BCUT2D eigenvalue weighted by Crippen LogP contribution is 2.14. The van der Waals surface area contributed by atoms with Crippen LogP contribution < -0.4 is 4.74 Å². The Morgan fingerprint density at radius 3 is 2.87 bits per heavy atom. The normalized spacial score (nSPS) is 12.5. The van der Waals surface area contributed by atoms with Crippen LogP contribution in [0.25, 0.3) is 0 Å².